The third-order valence-electron chi connectivity index (χ3n) is 5.82. The standard InChI is InChI=1S/C24H18ClF2N3O4/c1-12-6-7-15(17(26)8-12)22-28-21(34-29-22)11-33-20-10-19(18(27)9-16(20)25)30-23(31)13-4-2-3-5-14(13)24(30)32/h6-10H,2-5,11H2,1H3. The lowest BCUT2D eigenvalue weighted by atomic mass is 9.93. The van der Waals surface area contributed by atoms with Crippen LogP contribution in [0.3, 0.4) is 0 Å². The number of aryl methyl sites for hydroxylation is 1. The average Bonchev–Trinajstić information content (AvgIpc) is 3.37. The Morgan fingerprint density at radius 1 is 1.06 bits per heavy atom. The van der Waals surface area contributed by atoms with Crippen molar-refractivity contribution in [2.75, 3.05) is 4.90 Å². The fraction of sp³-hybridized carbons (Fsp3) is 0.250. The zero-order valence-electron chi connectivity index (χ0n) is 18.0. The van der Waals surface area contributed by atoms with Crippen molar-refractivity contribution in [2.24, 2.45) is 0 Å². The van der Waals surface area contributed by atoms with Gasteiger partial charge in [-0.15, -0.1) is 0 Å². The Bertz CT molecular complexity index is 1340. The smallest absolute Gasteiger partial charge is 0.264 e. The van der Waals surface area contributed by atoms with E-state index in [9.17, 15) is 18.4 Å². The van der Waals surface area contributed by atoms with Gasteiger partial charge in [0.2, 0.25) is 5.82 Å². The monoisotopic (exact) mass is 485 g/mol. The Morgan fingerprint density at radius 3 is 2.44 bits per heavy atom. The molecule has 7 nitrogen and oxygen atoms in total. The summed E-state index contributed by atoms with van der Waals surface area (Å²) in [7, 11) is 0. The molecule has 0 saturated carbocycles. The summed E-state index contributed by atoms with van der Waals surface area (Å²) in [5.74, 6) is -2.26. The summed E-state index contributed by atoms with van der Waals surface area (Å²) in [6, 6.07) is 6.79. The molecule has 2 aromatic carbocycles. The predicted octanol–water partition coefficient (Wildman–Crippen LogP) is 5.30. The first-order chi connectivity index (χ1) is 16.3. The molecule has 0 unspecified atom stereocenters. The van der Waals surface area contributed by atoms with E-state index in [1.807, 2.05) is 0 Å². The van der Waals surface area contributed by atoms with Crippen LogP contribution in [0.25, 0.3) is 11.4 Å². The number of halogens is 3. The first kappa shape index (κ1) is 22.2. The maximum absolute atomic E-state index is 14.7. The van der Waals surface area contributed by atoms with Gasteiger partial charge in [0, 0.05) is 17.2 Å². The van der Waals surface area contributed by atoms with E-state index in [0.29, 0.717) is 24.0 Å². The number of ether oxygens (including phenoxy) is 1. The van der Waals surface area contributed by atoms with Crippen LogP contribution in [0.5, 0.6) is 5.75 Å². The highest BCUT2D eigenvalue weighted by molar-refractivity contribution is 6.34. The minimum atomic E-state index is -0.825. The second-order valence-corrected chi connectivity index (χ2v) is 8.53. The number of carbonyl (C=O) groups excluding carboxylic acids is 2. The summed E-state index contributed by atoms with van der Waals surface area (Å²) in [6.45, 7) is 1.51. The molecular weight excluding hydrogens is 468 g/mol. The lowest BCUT2D eigenvalue weighted by Gasteiger charge is -2.18. The maximum Gasteiger partial charge on any atom is 0.264 e. The van der Waals surface area contributed by atoms with E-state index in [1.54, 1.807) is 19.1 Å². The number of nitrogens with zero attached hydrogens (tertiary/aromatic N) is 3. The van der Waals surface area contributed by atoms with Gasteiger partial charge in [-0.1, -0.05) is 22.8 Å². The Labute approximate surface area is 198 Å². The molecule has 1 aliphatic carbocycles. The highest BCUT2D eigenvalue weighted by Crippen LogP contribution is 2.39. The van der Waals surface area contributed by atoms with E-state index < -0.39 is 23.4 Å². The van der Waals surface area contributed by atoms with Crippen LogP contribution < -0.4 is 9.64 Å². The molecule has 0 bridgehead atoms. The van der Waals surface area contributed by atoms with Crippen LogP contribution in [-0.4, -0.2) is 22.0 Å². The van der Waals surface area contributed by atoms with E-state index >= 15 is 0 Å². The summed E-state index contributed by atoms with van der Waals surface area (Å²) in [4.78, 5) is 30.6. The van der Waals surface area contributed by atoms with Crippen molar-refractivity contribution in [3.05, 3.63) is 69.6 Å². The second-order valence-electron chi connectivity index (χ2n) is 8.13. The molecule has 1 aromatic heterocycles. The van der Waals surface area contributed by atoms with Gasteiger partial charge >= 0.3 is 0 Å². The number of aromatic nitrogens is 2. The van der Waals surface area contributed by atoms with Crippen LogP contribution in [0.4, 0.5) is 14.5 Å². The molecule has 0 N–H and O–H groups in total. The number of benzene rings is 2. The molecule has 174 valence electrons. The fourth-order valence-corrected chi connectivity index (χ4v) is 4.33. The van der Waals surface area contributed by atoms with Crippen molar-refractivity contribution >= 4 is 29.1 Å². The number of hydrogen-bond donors (Lipinski definition) is 0. The average molecular weight is 486 g/mol. The predicted molar refractivity (Wildman–Crippen MR) is 118 cm³/mol. The van der Waals surface area contributed by atoms with Crippen LogP contribution in [0.15, 0.2) is 46.0 Å². The normalized spacial score (nSPS) is 15.8. The summed E-state index contributed by atoms with van der Waals surface area (Å²) in [5, 5.41) is 3.70. The molecule has 2 aliphatic rings. The van der Waals surface area contributed by atoms with Gasteiger partial charge in [-0.2, -0.15) is 4.98 Å². The number of carbonyl (C=O) groups is 2. The summed E-state index contributed by atoms with van der Waals surface area (Å²) in [5.41, 5.74) is 1.56. The van der Waals surface area contributed by atoms with Crippen LogP contribution in [0.2, 0.25) is 5.02 Å². The number of anilines is 1. The zero-order chi connectivity index (χ0) is 24.0. The Kier molecular flexibility index (Phi) is 5.65. The van der Waals surface area contributed by atoms with Gasteiger partial charge in [-0.05, 0) is 56.4 Å². The van der Waals surface area contributed by atoms with Gasteiger partial charge in [-0.3, -0.25) is 9.59 Å². The van der Waals surface area contributed by atoms with E-state index in [-0.39, 0.29) is 40.3 Å². The lowest BCUT2D eigenvalue weighted by Crippen LogP contribution is -2.32. The molecular formula is C24H18ClF2N3O4. The SMILES string of the molecule is Cc1ccc(-c2noc(COc3cc(N4C(=O)C5=C(CCCC5)C4=O)c(F)cc3Cl)n2)c(F)c1. The van der Waals surface area contributed by atoms with E-state index in [1.165, 1.54) is 12.1 Å². The molecule has 0 saturated heterocycles. The van der Waals surface area contributed by atoms with Crippen molar-refractivity contribution in [1.82, 2.24) is 10.1 Å². The molecule has 10 heteroatoms. The lowest BCUT2D eigenvalue weighted by molar-refractivity contribution is -0.120. The zero-order valence-corrected chi connectivity index (χ0v) is 18.8. The van der Waals surface area contributed by atoms with Crippen LogP contribution in [-0.2, 0) is 16.2 Å². The molecule has 0 radical (unpaired) electrons. The van der Waals surface area contributed by atoms with Crippen molar-refractivity contribution < 1.29 is 27.6 Å². The van der Waals surface area contributed by atoms with E-state index in [0.717, 1.165) is 29.4 Å². The third-order valence-corrected chi connectivity index (χ3v) is 6.11. The third kappa shape index (κ3) is 3.86. The number of amides is 2. The summed E-state index contributed by atoms with van der Waals surface area (Å²) >= 11 is 6.13. The molecule has 2 amide bonds. The topological polar surface area (TPSA) is 85.5 Å². The fourth-order valence-electron chi connectivity index (χ4n) is 4.12. The molecule has 2 heterocycles. The van der Waals surface area contributed by atoms with Gasteiger partial charge in [0.15, 0.2) is 6.61 Å². The minimum Gasteiger partial charge on any atom is -0.482 e. The molecule has 1 aliphatic heterocycles. The highest BCUT2D eigenvalue weighted by atomic mass is 35.5. The first-order valence-electron chi connectivity index (χ1n) is 10.6. The van der Waals surface area contributed by atoms with Crippen molar-refractivity contribution in [3.63, 3.8) is 0 Å². The Balaban J connectivity index is 1.37. The van der Waals surface area contributed by atoms with E-state index in [4.69, 9.17) is 20.9 Å². The van der Waals surface area contributed by atoms with Crippen LogP contribution >= 0.6 is 11.6 Å². The maximum atomic E-state index is 14.7. The van der Waals surface area contributed by atoms with Gasteiger partial charge in [0.05, 0.1) is 16.3 Å². The van der Waals surface area contributed by atoms with Crippen molar-refractivity contribution in [3.8, 4) is 17.1 Å². The van der Waals surface area contributed by atoms with E-state index in [2.05, 4.69) is 10.1 Å². The number of imide groups is 1. The highest BCUT2D eigenvalue weighted by Gasteiger charge is 2.41. The first-order valence-corrected chi connectivity index (χ1v) is 11.0. The van der Waals surface area contributed by atoms with Crippen LogP contribution in [0.1, 0.15) is 37.1 Å². The van der Waals surface area contributed by atoms with Crippen molar-refractivity contribution in [2.45, 2.75) is 39.2 Å². The molecule has 34 heavy (non-hydrogen) atoms. The quantitative estimate of drug-likeness (QED) is 0.456. The molecule has 5 rings (SSSR count). The summed E-state index contributed by atoms with van der Waals surface area (Å²) < 4.78 is 39.7. The van der Waals surface area contributed by atoms with Gasteiger partial charge in [0.25, 0.3) is 17.7 Å². The summed E-state index contributed by atoms with van der Waals surface area (Å²) in [6.07, 6.45) is 2.61. The minimum absolute atomic E-state index is 0.0183. The van der Waals surface area contributed by atoms with Crippen LogP contribution in [0, 0.1) is 18.6 Å². The largest absolute Gasteiger partial charge is 0.482 e. The second kappa shape index (κ2) is 8.64. The Morgan fingerprint density at radius 2 is 1.76 bits per heavy atom. The van der Waals surface area contributed by atoms with Crippen molar-refractivity contribution in [1.29, 1.82) is 0 Å². The Hall–Kier alpha value is -3.59. The van der Waals surface area contributed by atoms with Gasteiger partial charge in [0.1, 0.15) is 17.4 Å². The number of rotatable bonds is 5. The molecule has 0 spiro atoms. The molecule has 0 fully saturated rings. The molecule has 0 atom stereocenters. The van der Waals surface area contributed by atoms with Gasteiger partial charge < -0.3 is 9.26 Å². The number of hydrogen-bond acceptors (Lipinski definition) is 6. The molecule has 3 aromatic rings. The van der Waals surface area contributed by atoms with Gasteiger partial charge in [-0.25, -0.2) is 13.7 Å².